The van der Waals surface area contributed by atoms with Crippen LogP contribution in [0.25, 0.3) is 11.3 Å². The van der Waals surface area contributed by atoms with E-state index in [1.54, 1.807) is 6.20 Å². The van der Waals surface area contributed by atoms with Gasteiger partial charge in [-0.15, -0.1) is 0 Å². The summed E-state index contributed by atoms with van der Waals surface area (Å²) in [6, 6.07) is 22.4. The van der Waals surface area contributed by atoms with Gasteiger partial charge >= 0.3 is 6.18 Å². The molecule has 8 heteroatoms. The van der Waals surface area contributed by atoms with E-state index >= 15 is 0 Å². The number of aromatic amines is 1. The van der Waals surface area contributed by atoms with Crippen LogP contribution in [0.4, 0.5) is 13.2 Å². The maximum Gasteiger partial charge on any atom is 0.416 e. The Kier molecular flexibility index (Phi) is 8.07. The zero-order valence-electron chi connectivity index (χ0n) is 19.9. The number of halogens is 3. The van der Waals surface area contributed by atoms with Crippen LogP contribution in [-0.2, 0) is 19.3 Å². The van der Waals surface area contributed by atoms with E-state index in [9.17, 15) is 18.3 Å². The number of aryl methyl sites for hydroxylation is 1. The lowest BCUT2D eigenvalue weighted by molar-refractivity contribution is -0.137. The Labute approximate surface area is 208 Å². The van der Waals surface area contributed by atoms with Crippen molar-refractivity contribution in [3.8, 4) is 17.0 Å². The van der Waals surface area contributed by atoms with Crippen molar-refractivity contribution in [3.05, 3.63) is 107 Å². The lowest BCUT2D eigenvalue weighted by atomic mass is 10.1. The monoisotopic (exact) mass is 495 g/mol. The van der Waals surface area contributed by atoms with Gasteiger partial charge in [-0.05, 0) is 47.9 Å². The second kappa shape index (κ2) is 11.4. The van der Waals surface area contributed by atoms with Gasteiger partial charge in [0, 0.05) is 25.2 Å². The van der Waals surface area contributed by atoms with Crippen molar-refractivity contribution in [2.75, 3.05) is 13.2 Å². The molecule has 3 aromatic carbocycles. The fraction of sp³-hybridized carbons (Fsp3) is 0.250. The molecule has 0 aliphatic heterocycles. The Morgan fingerprint density at radius 3 is 2.28 bits per heavy atom. The van der Waals surface area contributed by atoms with Gasteiger partial charge in [0.05, 0.1) is 17.5 Å². The molecule has 0 saturated heterocycles. The minimum Gasteiger partial charge on any atom is -0.491 e. The van der Waals surface area contributed by atoms with Crippen LogP contribution in [0.1, 0.15) is 22.3 Å². The fourth-order valence-electron chi connectivity index (χ4n) is 4.02. The predicted octanol–water partition coefficient (Wildman–Crippen LogP) is 5.85. The quantitative estimate of drug-likeness (QED) is 0.290. The lowest BCUT2D eigenvalue weighted by Gasteiger charge is -2.26. The maximum absolute atomic E-state index is 12.8. The van der Waals surface area contributed by atoms with Gasteiger partial charge in [0.1, 0.15) is 18.5 Å². The summed E-state index contributed by atoms with van der Waals surface area (Å²) in [6.45, 7) is 3.43. The van der Waals surface area contributed by atoms with Gasteiger partial charge in [0.15, 0.2) is 0 Å². The van der Waals surface area contributed by atoms with Crippen molar-refractivity contribution in [2.45, 2.75) is 32.3 Å². The normalized spacial score (nSPS) is 12.6. The number of hydrogen-bond acceptors (Lipinski definition) is 4. The Hall–Kier alpha value is -3.62. The highest BCUT2D eigenvalue weighted by molar-refractivity contribution is 5.62. The number of nitrogens with zero attached hydrogens (tertiary/aromatic N) is 2. The molecule has 4 rings (SSSR count). The second-order valence-corrected chi connectivity index (χ2v) is 8.72. The van der Waals surface area contributed by atoms with Gasteiger partial charge in [0.2, 0.25) is 0 Å². The molecule has 0 saturated carbocycles. The van der Waals surface area contributed by atoms with Gasteiger partial charge in [-0.1, -0.05) is 54.6 Å². The molecule has 1 atom stereocenters. The molecule has 4 aromatic rings. The molecular formula is C28H28F3N3O2. The highest BCUT2D eigenvalue weighted by atomic mass is 19.4. The smallest absolute Gasteiger partial charge is 0.416 e. The number of H-pyrrole nitrogens is 1. The topological polar surface area (TPSA) is 61.4 Å². The molecule has 0 aliphatic carbocycles. The first-order valence-electron chi connectivity index (χ1n) is 11.6. The summed E-state index contributed by atoms with van der Waals surface area (Å²) in [5.41, 5.74) is 4.47. The third kappa shape index (κ3) is 6.74. The molecule has 1 heterocycles. The van der Waals surface area contributed by atoms with Crippen molar-refractivity contribution < 1.29 is 23.0 Å². The van der Waals surface area contributed by atoms with Gasteiger partial charge in [0.25, 0.3) is 0 Å². The number of alkyl halides is 3. The summed E-state index contributed by atoms with van der Waals surface area (Å²) >= 11 is 0. The first-order valence-corrected chi connectivity index (χ1v) is 11.6. The molecule has 0 aliphatic rings. The van der Waals surface area contributed by atoms with Crippen LogP contribution in [0.2, 0.25) is 0 Å². The van der Waals surface area contributed by atoms with E-state index in [1.165, 1.54) is 12.1 Å². The van der Waals surface area contributed by atoms with Crippen LogP contribution in [0.5, 0.6) is 5.75 Å². The number of rotatable bonds is 10. The molecule has 0 amide bonds. The van der Waals surface area contributed by atoms with Crippen LogP contribution in [0, 0.1) is 6.92 Å². The van der Waals surface area contributed by atoms with Gasteiger partial charge in [-0.3, -0.25) is 10.00 Å². The van der Waals surface area contributed by atoms with E-state index in [2.05, 4.69) is 21.2 Å². The van der Waals surface area contributed by atoms with Gasteiger partial charge in [-0.25, -0.2) is 0 Å². The van der Waals surface area contributed by atoms with Crippen molar-refractivity contribution in [2.24, 2.45) is 0 Å². The third-order valence-corrected chi connectivity index (χ3v) is 5.92. The molecule has 0 radical (unpaired) electrons. The third-order valence-electron chi connectivity index (χ3n) is 5.92. The molecule has 0 spiro atoms. The summed E-state index contributed by atoms with van der Waals surface area (Å²) in [7, 11) is 0. The molecule has 36 heavy (non-hydrogen) atoms. The van der Waals surface area contributed by atoms with Crippen molar-refractivity contribution in [3.63, 3.8) is 0 Å². The maximum atomic E-state index is 12.8. The largest absolute Gasteiger partial charge is 0.491 e. The van der Waals surface area contributed by atoms with Crippen LogP contribution < -0.4 is 4.74 Å². The van der Waals surface area contributed by atoms with E-state index in [0.29, 0.717) is 19.6 Å². The standard InChI is InChI=1S/C28H28F3N3O2/c1-20-7-5-6-10-22(20)16-34(17-23-15-32-33-27(23)21-8-3-2-4-9-21)18-25(35)19-36-26-13-11-24(12-14-26)28(29,30)31/h2-15,25,35H,16-19H2,1H3,(H,32,33). The van der Waals surface area contributed by atoms with Crippen molar-refractivity contribution in [1.82, 2.24) is 15.1 Å². The zero-order chi connectivity index (χ0) is 25.5. The molecule has 0 fully saturated rings. The van der Waals surface area contributed by atoms with E-state index in [4.69, 9.17) is 4.74 Å². The minimum absolute atomic E-state index is 0.0490. The summed E-state index contributed by atoms with van der Waals surface area (Å²) in [5.74, 6) is 0.272. The SMILES string of the molecule is Cc1ccccc1CN(Cc1cn[nH]c1-c1ccccc1)CC(O)COc1ccc(C(F)(F)F)cc1. The van der Waals surface area contributed by atoms with Crippen LogP contribution >= 0.6 is 0 Å². The number of benzene rings is 3. The lowest BCUT2D eigenvalue weighted by Crippen LogP contribution is -2.35. The highest BCUT2D eigenvalue weighted by Gasteiger charge is 2.30. The molecule has 1 aromatic heterocycles. The summed E-state index contributed by atoms with van der Waals surface area (Å²) in [6.07, 6.45) is -3.47. The molecule has 188 valence electrons. The molecule has 2 N–H and O–H groups in total. The van der Waals surface area contributed by atoms with Crippen LogP contribution in [-0.4, -0.2) is 39.5 Å². The van der Waals surface area contributed by atoms with Gasteiger partial charge in [-0.2, -0.15) is 18.3 Å². The fourth-order valence-corrected chi connectivity index (χ4v) is 4.02. The number of nitrogens with one attached hydrogen (secondary N) is 1. The number of aliphatic hydroxyl groups excluding tert-OH is 1. The summed E-state index contributed by atoms with van der Waals surface area (Å²) in [4.78, 5) is 2.11. The number of hydrogen-bond donors (Lipinski definition) is 2. The van der Waals surface area contributed by atoms with E-state index < -0.39 is 17.8 Å². The Balaban J connectivity index is 1.46. The molecule has 5 nitrogen and oxygen atoms in total. The summed E-state index contributed by atoms with van der Waals surface area (Å²) in [5, 5.41) is 18.1. The van der Waals surface area contributed by atoms with Crippen LogP contribution in [0.15, 0.2) is 85.1 Å². The zero-order valence-corrected chi connectivity index (χ0v) is 19.9. The van der Waals surface area contributed by atoms with Gasteiger partial charge < -0.3 is 9.84 Å². The van der Waals surface area contributed by atoms with E-state index in [1.807, 2.05) is 55.5 Å². The first kappa shape index (κ1) is 25.5. The summed E-state index contributed by atoms with van der Waals surface area (Å²) < 4.78 is 43.9. The average Bonchev–Trinajstić information content (AvgIpc) is 3.32. The predicted molar refractivity (Wildman–Crippen MR) is 132 cm³/mol. The molecule has 0 bridgehead atoms. The Bertz CT molecular complexity index is 1240. The van der Waals surface area contributed by atoms with Crippen LogP contribution in [0.3, 0.4) is 0 Å². The highest BCUT2D eigenvalue weighted by Crippen LogP contribution is 2.30. The van der Waals surface area contributed by atoms with E-state index in [-0.39, 0.29) is 12.4 Å². The number of aliphatic hydroxyl groups is 1. The van der Waals surface area contributed by atoms with Crippen molar-refractivity contribution in [1.29, 1.82) is 0 Å². The second-order valence-electron chi connectivity index (χ2n) is 8.72. The Morgan fingerprint density at radius 1 is 0.917 bits per heavy atom. The minimum atomic E-state index is -4.40. The first-order chi connectivity index (χ1) is 17.3. The molecular weight excluding hydrogens is 467 g/mol. The Morgan fingerprint density at radius 2 is 1.58 bits per heavy atom. The number of ether oxygens (including phenoxy) is 1. The molecule has 1 unspecified atom stereocenters. The number of aromatic nitrogens is 2. The van der Waals surface area contributed by atoms with E-state index in [0.717, 1.165) is 40.1 Å². The average molecular weight is 496 g/mol. The van der Waals surface area contributed by atoms with Crippen molar-refractivity contribution >= 4 is 0 Å².